The van der Waals surface area contributed by atoms with Crippen LogP contribution in [-0.4, -0.2) is 18.5 Å². The zero-order chi connectivity index (χ0) is 6.91. The molecule has 1 aliphatic rings. The number of rotatable bonds is 0. The molecule has 0 spiro atoms. The molecule has 54 valence electrons. The van der Waals surface area contributed by atoms with Crippen molar-refractivity contribution in [3.8, 4) is 0 Å². The number of nitrogens with one attached hydrogen (secondary N) is 1. The summed E-state index contributed by atoms with van der Waals surface area (Å²) in [5, 5.41) is 1.95. The molecule has 0 radical (unpaired) electrons. The van der Waals surface area contributed by atoms with E-state index >= 15 is 0 Å². The van der Waals surface area contributed by atoms with Crippen LogP contribution in [-0.2, 0) is 0 Å². The molecule has 3 unspecified atom stereocenters. The lowest BCUT2D eigenvalue weighted by Gasteiger charge is -2.32. The molecule has 1 aliphatic heterocycles. The first kappa shape index (κ1) is 7.43. The van der Waals surface area contributed by atoms with Gasteiger partial charge in [0, 0.05) is 6.54 Å². The van der Waals surface area contributed by atoms with E-state index in [1.165, 1.54) is 0 Å². The number of hydrogen-bond acceptors (Lipinski definition) is 1. The quantitative estimate of drug-likeness (QED) is 0.509. The fourth-order valence-corrected chi connectivity index (χ4v) is 1.32. The van der Waals surface area contributed by atoms with Gasteiger partial charge < -0.3 is 5.32 Å². The monoisotopic (exact) mass is 149 g/mol. The molecule has 1 saturated heterocycles. The molecular formula is C6H13FNP. The van der Waals surface area contributed by atoms with Crippen LogP contribution in [0.2, 0.25) is 0 Å². The van der Waals surface area contributed by atoms with E-state index in [0.29, 0.717) is 6.54 Å². The highest BCUT2D eigenvalue weighted by Gasteiger charge is 2.33. The van der Waals surface area contributed by atoms with Gasteiger partial charge in [0.1, 0.15) is 5.41 Å². The molecule has 0 aromatic heterocycles. The van der Waals surface area contributed by atoms with Gasteiger partial charge in [-0.3, -0.25) is 0 Å². The normalized spacial score (nSPS) is 45.0. The van der Waals surface area contributed by atoms with Crippen molar-refractivity contribution in [3.05, 3.63) is 0 Å². The van der Waals surface area contributed by atoms with Crippen LogP contribution in [0.15, 0.2) is 0 Å². The lowest BCUT2D eigenvalue weighted by molar-refractivity contribution is 0.157. The molecule has 1 nitrogen and oxygen atoms in total. The minimum Gasteiger partial charge on any atom is -0.313 e. The third-order valence-corrected chi connectivity index (χ3v) is 2.74. The first-order valence-corrected chi connectivity index (χ1v) is 3.89. The summed E-state index contributed by atoms with van der Waals surface area (Å²) in [4.78, 5) is 0. The minimum absolute atomic E-state index is 0.184. The van der Waals surface area contributed by atoms with E-state index < -0.39 is 5.41 Å². The molecule has 0 aliphatic carbocycles. The lowest BCUT2D eigenvalue weighted by Crippen LogP contribution is -2.43. The number of piperidine rings is 1. The third kappa shape index (κ3) is 1.62. The van der Waals surface area contributed by atoms with Crippen LogP contribution in [0.4, 0.5) is 4.39 Å². The van der Waals surface area contributed by atoms with Crippen molar-refractivity contribution in [2.45, 2.75) is 18.8 Å². The Hall–Kier alpha value is 0.320. The summed E-state index contributed by atoms with van der Waals surface area (Å²) < 4.78 is 13.2. The molecule has 0 aromatic carbocycles. The second-order valence-corrected chi connectivity index (χ2v) is 3.75. The second kappa shape index (κ2) is 2.51. The molecule has 0 saturated carbocycles. The highest BCUT2D eigenvalue weighted by molar-refractivity contribution is 7.18. The van der Waals surface area contributed by atoms with Crippen molar-refractivity contribution in [1.29, 1.82) is 0 Å². The standard InChI is InChI=1S/C6H13FNP/c1-5-2-3-8-4-6(5,7)9/h5,8H,2-4,9H2,1H3. The van der Waals surface area contributed by atoms with E-state index in [1.54, 1.807) is 0 Å². The largest absolute Gasteiger partial charge is 0.313 e. The average molecular weight is 149 g/mol. The fourth-order valence-electron chi connectivity index (χ4n) is 1.01. The van der Waals surface area contributed by atoms with Gasteiger partial charge in [0.05, 0.1) is 0 Å². The van der Waals surface area contributed by atoms with Gasteiger partial charge in [-0.1, -0.05) is 16.2 Å². The average Bonchev–Trinajstić information content (AvgIpc) is 1.77. The maximum absolute atomic E-state index is 13.2. The summed E-state index contributed by atoms with van der Waals surface area (Å²) >= 11 is 0. The summed E-state index contributed by atoms with van der Waals surface area (Å²) in [6.45, 7) is 3.40. The molecule has 9 heavy (non-hydrogen) atoms. The van der Waals surface area contributed by atoms with Crippen LogP contribution in [0, 0.1) is 5.92 Å². The molecule has 1 heterocycles. The van der Waals surface area contributed by atoms with Crippen molar-refractivity contribution in [2.75, 3.05) is 13.1 Å². The summed E-state index contributed by atoms with van der Waals surface area (Å²) in [5.41, 5.74) is 0. The van der Waals surface area contributed by atoms with E-state index in [-0.39, 0.29) is 5.92 Å². The van der Waals surface area contributed by atoms with Crippen LogP contribution in [0.25, 0.3) is 0 Å². The molecule has 0 amide bonds. The van der Waals surface area contributed by atoms with Crippen LogP contribution >= 0.6 is 9.24 Å². The first-order valence-electron chi connectivity index (χ1n) is 3.31. The molecule has 0 bridgehead atoms. The number of alkyl halides is 1. The van der Waals surface area contributed by atoms with E-state index in [9.17, 15) is 4.39 Å². The van der Waals surface area contributed by atoms with Gasteiger partial charge in [-0.2, -0.15) is 0 Å². The summed E-state index contributed by atoms with van der Waals surface area (Å²) in [7, 11) is 2.27. The molecule has 1 N–H and O–H groups in total. The maximum Gasteiger partial charge on any atom is 0.138 e. The third-order valence-electron chi connectivity index (χ3n) is 1.97. The van der Waals surface area contributed by atoms with Gasteiger partial charge in [0.2, 0.25) is 0 Å². The Kier molecular flexibility index (Phi) is 2.07. The van der Waals surface area contributed by atoms with Crippen molar-refractivity contribution in [1.82, 2.24) is 5.32 Å². The molecule has 1 fully saturated rings. The van der Waals surface area contributed by atoms with E-state index in [0.717, 1.165) is 13.0 Å². The SMILES string of the molecule is CC1CCNCC1(F)P. The smallest absolute Gasteiger partial charge is 0.138 e. The number of hydrogen-bond donors (Lipinski definition) is 1. The minimum atomic E-state index is -1.06. The summed E-state index contributed by atoms with van der Waals surface area (Å²) in [5.74, 6) is 0.184. The van der Waals surface area contributed by atoms with Crippen LogP contribution in [0.3, 0.4) is 0 Å². The lowest BCUT2D eigenvalue weighted by atomic mass is 9.98. The van der Waals surface area contributed by atoms with Crippen molar-refractivity contribution >= 4 is 9.24 Å². The summed E-state index contributed by atoms with van der Waals surface area (Å²) in [6, 6.07) is 0. The van der Waals surface area contributed by atoms with Gasteiger partial charge >= 0.3 is 0 Å². The van der Waals surface area contributed by atoms with Gasteiger partial charge in [-0.15, -0.1) is 0 Å². The van der Waals surface area contributed by atoms with Crippen molar-refractivity contribution < 1.29 is 4.39 Å². The highest BCUT2D eigenvalue weighted by atomic mass is 31.0. The topological polar surface area (TPSA) is 12.0 Å². The number of halogens is 1. The second-order valence-electron chi connectivity index (χ2n) is 2.79. The van der Waals surface area contributed by atoms with Gasteiger partial charge in [0.15, 0.2) is 0 Å². The first-order chi connectivity index (χ1) is 4.13. The fraction of sp³-hybridized carbons (Fsp3) is 1.00. The highest BCUT2D eigenvalue weighted by Crippen LogP contribution is 2.33. The van der Waals surface area contributed by atoms with Crippen LogP contribution in [0.1, 0.15) is 13.3 Å². The Bertz CT molecular complexity index is 105. The molecule has 3 atom stereocenters. The van der Waals surface area contributed by atoms with Crippen LogP contribution in [0.5, 0.6) is 0 Å². The predicted octanol–water partition coefficient (Wildman–Crippen LogP) is 1.16. The summed E-state index contributed by atoms with van der Waals surface area (Å²) in [6.07, 6.45) is 0.944. The molecule has 0 aromatic rings. The van der Waals surface area contributed by atoms with E-state index in [2.05, 4.69) is 14.6 Å². The molecule has 1 rings (SSSR count). The van der Waals surface area contributed by atoms with Crippen molar-refractivity contribution in [3.63, 3.8) is 0 Å². The Labute approximate surface area is 57.6 Å². The van der Waals surface area contributed by atoms with Gasteiger partial charge in [0.25, 0.3) is 0 Å². The molecule has 3 heteroatoms. The predicted molar refractivity (Wildman–Crippen MR) is 40.2 cm³/mol. The Morgan fingerprint density at radius 3 is 2.78 bits per heavy atom. The van der Waals surface area contributed by atoms with E-state index in [4.69, 9.17) is 0 Å². The zero-order valence-corrected chi connectivity index (χ0v) is 6.81. The van der Waals surface area contributed by atoms with Gasteiger partial charge in [-0.25, -0.2) is 4.39 Å². The Morgan fingerprint density at radius 1 is 1.78 bits per heavy atom. The Morgan fingerprint density at radius 2 is 2.44 bits per heavy atom. The van der Waals surface area contributed by atoms with Crippen molar-refractivity contribution in [2.24, 2.45) is 5.92 Å². The van der Waals surface area contributed by atoms with E-state index in [1.807, 2.05) is 6.92 Å². The maximum atomic E-state index is 13.2. The molecular weight excluding hydrogens is 136 g/mol. The van der Waals surface area contributed by atoms with Gasteiger partial charge in [-0.05, 0) is 18.9 Å². The van der Waals surface area contributed by atoms with Crippen LogP contribution < -0.4 is 5.32 Å². The zero-order valence-electron chi connectivity index (χ0n) is 5.65. The Balaban J connectivity index is 2.49.